The van der Waals surface area contributed by atoms with Gasteiger partial charge in [0.25, 0.3) is 5.70 Å². The Labute approximate surface area is 135 Å². The summed E-state index contributed by atoms with van der Waals surface area (Å²) in [5, 5.41) is 21.0. The Balaban J connectivity index is 2.13. The van der Waals surface area contributed by atoms with Crippen molar-refractivity contribution in [3.8, 4) is 11.5 Å². The highest BCUT2D eigenvalue weighted by Gasteiger charge is 2.34. The highest BCUT2D eigenvalue weighted by atomic mass is 79.9. The second kappa shape index (κ2) is 5.46. The van der Waals surface area contributed by atoms with E-state index < -0.39 is 11.0 Å². The maximum Gasteiger partial charge on any atom is 0.291 e. The number of rotatable bonds is 2. The zero-order chi connectivity index (χ0) is 15.9. The molecule has 0 radical (unpaired) electrons. The molecule has 1 aliphatic rings. The molecule has 1 N–H and O–H groups in total. The normalized spacial score (nSPS) is 16.5. The first-order chi connectivity index (χ1) is 10.5. The van der Waals surface area contributed by atoms with Crippen molar-refractivity contribution in [3.63, 3.8) is 0 Å². The van der Waals surface area contributed by atoms with Gasteiger partial charge in [-0.3, -0.25) is 10.1 Å². The number of hydrogen-bond donors (Lipinski definition) is 1. The topological polar surface area (TPSA) is 72.6 Å². The van der Waals surface area contributed by atoms with Gasteiger partial charge in [0.15, 0.2) is 0 Å². The van der Waals surface area contributed by atoms with Crippen LogP contribution >= 0.6 is 15.9 Å². The van der Waals surface area contributed by atoms with Crippen LogP contribution in [0.2, 0.25) is 0 Å². The molecule has 22 heavy (non-hydrogen) atoms. The second-order valence-electron chi connectivity index (χ2n) is 5.08. The Morgan fingerprint density at radius 2 is 1.95 bits per heavy atom. The van der Waals surface area contributed by atoms with Crippen molar-refractivity contribution in [2.75, 3.05) is 0 Å². The van der Waals surface area contributed by atoms with E-state index in [4.69, 9.17) is 4.74 Å². The number of phenolic OH excluding ortho intramolecular Hbond substituents is 1. The van der Waals surface area contributed by atoms with E-state index in [0.29, 0.717) is 21.3 Å². The van der Waals surface area contributed by atoms with E-state index in [2.05, 4.69) is 15.9 Å². The highest BCUT2D eigenvalue weighted by molar-refractivity contribution is 9.10. The van der Waals surface area contributed by atoms with Crippen LogP contribution in [0.3, 0.4) is 0 Å². The number of aryl methyl sites for hydroxylation is 1. The third-order valence-corrected chi connectivity index (χ3v) is 4.04. The van der Waals surface area contributed by atoms with Crippen LogP contribution in [0.1, 0.15) is 22.8 Å². The lowest BCUT2D eigenvalue weighted by atomic mass is 10.00. The number of nitro groups is 1. The summed E-state index contributed by atoms with van der Waals surface area (Å²) in [5.41, 5.74) is 2.19. The Morgan fingerprint density at radius 1 is 1.27 bits per heavy atom. The molecule has 0 fully saturated rings. The van der Waals surface area contributed by atoms with Gasteiger partial charge >= 0.3 is 0 Å². The van der Waals surface area contributed by atoms with Crippen molar-refractivity contribution < 1.29 is 14.8 Å². The molecular weight excluding hydrogens is 350 g/mol. The average molecular weight is 362 g/mol. The van der Waals surface area contributed by atoms with Crippen molar-refractivity contribution in [1.82, 2.24) is 0 Å². The fraction of sp³-hybridized carbons (Fsp3) is 0.125. The van der Waals surface area contributed by atoms with Gasteiger partial charge in [-0.25, -0.2) is 0 Å². The SMILES string of the molecule is Cc1ccc(C2Oc3c(Br)cc(O)cc3C=C2[N+](=O)[O-])cc1. The fourth-order valence-corrected chi connectivity index (χ4v) is 2.93. The average Bonchev–Trinajstić information content (AvgIpc) is 2.47. The van der Waals surface area contributed by atoms with Crippen molar-refractivity contribution in [3.05, 3.63) is 73.4 Å². The number of fused-ring (bicyclic) bond motifs is 1. The number of ether oxygens (including phenoxy) is 1. The number of benzene rings is 2. The third kappa shape index (κ3) is 2.57. The number of phenols is 1. The standard InChI is InChI=1S/C16H12BrNO4/c1-9-2-4-10(5-3-9)16-14(18(20)21)7-11-6-12(19)8-13(17)15(11)22-16/h2-8,16,19H,1H3. The Bertz CT molecular complexity index is 783. The first-order valence-electron chi connectivity index (χ1n) is 6.57. The van der Waals surface area contributed by atoms with Crippen molar-refractivity contribution >= 4 is 22.0 Å². The third-order valence-electron chi connectivity index (χ3n) is 3.46. The lowest BCUT2D eigenvalue weighted by molar-refractivity contribution is -0.434. The van der Waals surface area contributed by atoms with Crippen molar-refractivity contribution in [2.24, 2.45) is 0 Å². The van der Waals surface area contributed by atoms with Crippen LogP contribution < -0.4 is 4.74 Å². The zero-order valence-electron chi connectivity index (χ0n) is 11.6. The monoisotopic (exact) mass is 361 g/mol. The lowest BCUT2D eigenvalue weighted by Gasteiger charge is -2.23. The Kier molecular flexibility index (Phi) is 3.62. The summed E-state index contributed by atoms with van der Waals surface area (Å²) >= 11 is 3.32. The van der Waals surface area contributed by atoms with Crippen LogP contribution in [0.15, 0.2) is 46.6 Å². The van der Waals surface area contributed by atoms with E-state index in [9.17, 15) is 15.2 Å². The molecule has 0 aromatic heterocycles. The molecule has 0 saturated carbocycles. The van der Waals surface area contributed by atoms with Gasteiger partial charge in [-0.2, -0.15) is 0 Å². The van der Waals surface area contributed by atoms with Crippen LogP contribution in [0.4, 0.5) is 0 Å². The molecule has 1 aliphatic heterocycles. The van der Waals surface area contributed by atoms with Crippen LogP contribution in [0.25, 0.3) is 6.08 Å². The van der Waals surface area contributed by atoms with E-state index in [1.807, 2.05) is 31.2 Å². The molecule has 3 rings (SSSR count). The molecule has 0 spiro atoms. The molecular formula is C16H12BrNO4. The summed E-state index contributed by atoms with van der Waals surface area (Å²) in [6.45, 7) is 1.95. The molecule has 1 atom stereocenters. The fourth-order valence-electron chi connectivity index (χ4n) is 2.37. The molecule has 1 heterocycles. The molecule has 0 amide bonds. The van der Waals surface area contributed by atoms with E-state index in [0.717, 1.165) is 5.56 Å². The molecule has 6 heteroatoms. The van der Waals surface area contributed by atoms with Gasteiger partial charge in [0, 0.05) is 17.2 Å². The summed E-state index contributed by atoms with van der Waals surface area (Å²) in [7, 11) is 0. The van der Waals surface area contributed by atoms with Gasteiger partial charge in [-0.1, -0.05) is 29.8 Å². The zero-order valence-corrected chi connectivity index (χ0v) is 13.2. The molecule has 0 aliphatic carbocycles. The Morgan fingerprint density at radius 3 is 2.59 bits per heavy atom. The summed E-state index contributed by atoms with van der Waals surface area (Å²) in [5.74, 6) is 0.496. The van der Waals surface area contributed by atoms with Crippen LogP contribution in [0.5, 0.6) is 11.5 Å². The maximum absolute atomic E-state index is 11.4. The van der Waals surface area contributed by atoms with E-state index in [1.165, 1.54) is 18.2 Å². The minimum absolute atomic E-state index is 0.0157. The van der Waals surface area contributed by atoms with Gasteiger partial charge in [0.2, 0.25) is 6.10 Å². The molecule has 1 unspecified atom stereocenters. The van der Waals surface area contributed by atoms with Gasteiger partial charge < -0.3 is 9.84 Å². The van der Waals surface area contributed by atoms with Crippen LogP contribution in [-0.4, -0.2) is 10.0 Å². The van der Waals surface area contributed by atoms with E-state index >= 15 is 0 Å². The molecule has 0 saturated heterocycles. The molecule has 5 nitrogen and oxygen atoms in total. The molecule has 2 aromatic rings. The largest absolute Gasteiger partial charge is 0.508 e. The van der Waals surface area contributed by atoms with Gasteiger partial charge in [0.1, 0.15) is 11.5 Å². The smallest absolute Gasteiger partial charge is 0.291 e. The predicted molar refractivity (Wildman–Crippen MR) is 85.3 cm³/mol. The number of aromatic hydroxyl groups is 1. The summed E-state index contributed by atoms with van der Waals surface area (Å²) in [4.78, 5) is 10.9. The highest BCUT2D eigenvalue weighted by Crippen LogP contribution is 2.43. The van der Waals surface area contributed by atoms with Crippen molar-refractivity contribution in [2.45, 2.75) is 13.0 Å². The minimum Gasteiger partial charge on any atom is -0.508 e. The Hall–Kier alpha value is -2.34. The van der Waals surface area contributed by atoms with Crippen LogP contribution in [0, 0.1) is 17.0 Å². The number of hydrogen-bond acceptors (Lipinski definition) is 4. The second-order valence-corrected chi connectivity index (χ2v) is 5.94. The predicted octanol–water partition coefficient (Wildman–Crippen LogP) is 4.21. The number of halogens is 1. The van der Waals surface area contributed by atoms with Gasteiger partial charge in [-0.05, 0) is 35.0 Å². The van der Waals surface area contributed by atoms with Gasteiger partial charge in [0.05, 0.1) is 9.40 Å². The molecule has 2 aromatic carbocycles. The minimum atomic E-state index is -0.788. The van der Waals surface area contributed by atoms with Gasteiger partial charge in [-0.15, -0.1) is 0 Å². The van der Waals surface area contributed by atoms with E-state index in [-0.39, 0.29) is 11.4 Å². The summed E-state index contributed by atoms with van der Waals surface area (Å²) in [6.07, 6.45) is 0.650. The van der Waals surface area contributed by atoms with E-state index in [1.54, 1.807) is 0 Å². The molecule has 0 bridgehead atoms. The van der Waals surface area contributed by atoms with Crippen molar-refractivity contribution in [1.29, 1.82) is 0 Å². The maximum atomic E-state index is 11.4. The van der Waals surface area contributed by atoms with Crippen LogP contribution in [-0.2, 0) is 0 Å². The first-order valence-corrected chi connectivity index (χ1v) is 7.36. The first kappa shape index (κ1) is 14.6. The lowest BCUT2D eigenvalue weighted by Crippen LogP contribution is -2.20. The summed E-state index contributed by atoms with van der Waals surface area (Å²) < 4.78 is 6.40. The quantitative estimate of drug-likeness (QED) is 0.642. The summed E-state index contributed by atoms with van der Waals surface area (Å²) in [6, 6.07) is 10.3. The molecule has 112 valence electrons. The number of nitrogens with zero attached hydrogens (tertiary/aromatic N) is 1.